The molecule has 0 spiro atoms. The second kappa shape index (κ2) is 6.42. The van der Waals surface area contributed by atoms with Gasteiger partial charge in [-0.2, -0.15) is 0 Å². The van der Waals surface area contributed by atoms with Crippen molar-refractivity contribution in [3.8, 4) is 0 Å². The van der Waals surface area contributed by atoms with Crippen molar-refractivity contribution in [2.45, 2.75) is 32.3 Å². The molecule has 1 aromatic rings. The number of fused-ring (bicyclic) bond motifs is 1. The molecule has 2 saturated heterocycles. The Hall–Kier alpha value is -1.33. The van der Waals surface area contributed by atoms with Gasteiger partial charge >= 0.3 is 0 Å². The summed E-state index contributed by atoms with van der Waals surface area (Å²) in [6.07, 6.45) is 5.18. The Morgan fingerprint density at radius 1 is 1.55 bits per heavy atom. The van der Waals surface area contributed by atoms with Crippen molar-refractivity contribution in [3.63, 3.8) is 0 Å². The summed E-state index contributed by atoms with van der Waals surface area (Å²) in [5.74, 6) is 0.118. The fourth-order valence-electron chi connectivity index (χ4n) is 3.82. The summed E-state index contributed by atoms with van der Waals surface area (Å²) >= 11 is 0. The third-order valence-corrected chi connectivity index (χ3v) is 5.03. The molecule has 0 aliphatic carbocycles. The number of likely N-dealkylation sites (tertiary alicyclic amines) is 1. The van der Waals surface area contributed by atoms with Gasteiger partial charge in [0, 0.05) is 45.0 Å². The van der Waals surface area contributed by atoms with Crippen LogP contribution < -0.4 is 0 Å². The fraction of sp³-hybridized carbons (Fsp3) is 0.706. The predicted molar refractivity (Wildman–Crippen MR) is 83.8 cm³/mol. The number of aromatic nitrogens is 1. The molecule has 122 valence electrons. The number of hydrogen-bond donors (Lipinski definition) is 0. The third kappa shape index (κ3) is 2.79. The molecule has 0 aromatic carbocycles. The van der Waals surface area contributed by atoms with Gasteiger partial charge in [0.2, 0.25) is 0 Å². The van der Waals surface area contributed by atoms with E-state index in [1.165, 1.54) is 0 Å². The van der Waals surface area contributed by atoms with Crippen molar-refractivity contribution in [1.82, 2.24) is 9.47 Å². The van der Waals surface area contributed by atoms with Gasteiger partial charge in [0.15, 0.2) is 0 Å². The van der Waals surface area contributed by atoms with Gasteiger partial charge in [0.25, 0.3) is 5.91 Å². The zero-order chi connectivity index (χ0) is 15.6. The maximum atomic E-state index is 12.8. The van der Waals surface area contributed by atoms with Crippen LogP contribution >= 0.6 is 0 Å². The number of carbonyl (C=O) groups excluding carboxylic acids is 1. The Morgan fingerprint density at radius 2 is 2.41 bits per heavy atom. The standard InChI is InChI=1S/C17H26N2O3/c1-3-21-13-17-8-5-11-22-15(17)7-10-19(12-17)16(20)14-6-4-9-18(14)2/h4,6,9,15H,3,5,7-8,10-13H2,1-2H3/t15-,17-/m0/s1. The minimum atomic E-state index is -0.0344. The van der Waals surface area contributed by atoms with Crippen LogP contribution in [0.5, 0.6) is 0 Å². The van der Waals surface area contributed by atoms with Gasteiger partial charge in [0.05, 0.1) is 12.7 Å². The van der Waals surface area contributed by atoms with Crippen molar-refractivity contribution < 1.29 is 14.3 Å². The third-order valence-electron chi connectivity index (χ3n) is 5.03. The quantitative estimate of drug-likeness (QED) is 0.855. The molecule has 1 amide bonds. The average Bonchev–Trinajstić information content (AvgIpc) is 2.97. The molecule has 5 heteroatoms. The first-order chi connectivity index (χ1) is 10.7. The molecular formula is C17H26N2O3. The summed E-state index contributed by atoms with van der Waals surface area (Å²) in [5.41, 5.74) is 0.717. The highest BCUT2D eigenvalue weighted by Crippen LogP contribution is 2.40. The highest BCUT2D eigenvalue weighted by molar-refractivity contribution is 5.92. The van der Waals surface area contributed by atoms with Gasteiger partial charge in [-0.15, -0.1) is 0 Å². The second-order valence-electron chi connectivity index (χ2n) is 6.48. The number of amides is 1. The first-order valence-corrected chi connectivity index (χ1v) is 8.26. The number of carbonyl (C=O) groups is 1. The van der Waals surface area contributed by atoms with Crippen LogP contribution in [0.2, 0.25) is 0 Å². The largest absolute Gasteiger partial charge is 0.381 e. The first-order valence-electron chi connectivity index (χ1n) is 8.26. The van der Waals surface area contributed by atoms with Crippen molar-refractivity contribution in [2.24, 2.45) is 12.5 Å². The smallest absolute Gasteiger partial charge is 0.270 e. The summed E-state index contributed by atoms with van der Waals surface area (Å²) in [4.78, 5) is 14.8. The summed E-state index contributed by atoms with van der Waals surface area (Å²) in [7, 11) is 1.92. The molecule has 3 heterocycles. The van der Waals surface area contributed by atoms with Crippen molar-refractivity contribution in [2.75, 3.05) is 32.9 Å². The van der Waals surface area contributed by atoms with Crippen molar-refractivity contribution in [3.05, 3.63) is 24.0 Å². The fourth-order valence-corrected chi connectivity index (χ4v) is 3.82. The topological polar surface area (TPSA) is 43.7 Å². The Kier molecular flexibility index (Phi) is 4.54. The first kappa shape index (κ1) is 15.6. The van der Waals surface area contributed by atoms with E-state index in [-0.39, 0.29) is 17.4 Å². The average molecular weight is 306 g/mol. The molecule has 0 bridgehead atoms. The summed E-state index contributed by atoms with van der Waals surface area (Å²) in [6, 6.07) is 3.81. The van der Waals surface area contributed by atoms with Crippen LogP contribution in [0.15, 0.2) is 18.3 Å². The van der Waals surface area contributed by atoms with E-state index in [1.54, 1.807) is 0 Å². The van der Waals surface area contributed by atoms with E-state index >= 15 is 0 Å². The molecule has 22 heavy (non-hydrogen) atoms. The minimum Gasteiger partial charge on any atom is -0.381 e. The zero-order valence-electron chi connectivity index (χ0n) is 13.6. The maximum Gasteiger partial charge on any atom is 0.270 e. The summed E-state index contributed by atoms with van der Waals surface area (Å²) < 4.78 is 13.6. The molecule has 0 unspecified atom stereocenters. The van der Waals surface area contributed by atoms with Gasteiger partial charge in [-0.3, -0.25) is 4.79 Å². The number of ether oxygens (including phenoxy) is 2. The van der Waals surface area contributed by atoms with E-state index in [1.807, 2.05) is 41.8 Å². The lowest BCUT2D eigenvalue weighted by molar-refractivity contribution is -0.146. The molecular weight excluding hydrogens is 280 g/mol. The van der Waals surface area contributed by atoms with Gasteiger partial charge in [-0.1, -0.05) is 0 Å². The Balaban J connectivity index is 1.78. The van der Waals surface area contributed by atoms with Crippen molar-refractivity contribution in [1.29, 1.82) is 0 Å². The van der Waals surface area contributed by atoms with Crippen LogP contribution in [-0.2, 0) is 16.5 Å². The van der Waals surface area contributed by atoms with Gasteiger partial charge in [0.1, 0.15) is 5.69 Å². The normalized spacial score (nSPS) is 28.5. The van der Waals surface area contributed by atoms with Crippen LogP contribution in [0.1, 0.15) is 36.7 Å². The van der Waals surface area contributed by atoms with E-state index < -0.39 is 0 Å². The zero-order valence-corrected chi connectivity index (χ0v) is 13.6. The van der Waals surface area contributed by atoms with E-state index in [2.05, 4.69) is 0 Å². The lowest BCUT2D eigenvalue weighted by Gasteiger charge is -2.50. The van der Waals surface area contributed by atoms with E-state index in [0.717, 1.165) is 44.7 Å². The second-order valence-corrected chi connectivity index (χ2v) is 6.48. The van der Waals surface area contributed by atoms with Crippen LogP contribution in [0, 0.1) is 5.41 Å². The molecule has 0 N–H and O–H groups in total. The Morgan fingerprint density at radius 3 is 3.14 bits per heavy atom. The minimum absolute atomic E-state index is 0.0344. The monoisotopic (exact) mass is 306 g/mol. The lowest BCUT2D eigenvalue weighted by Crippen LogP contribution is -2.58. The van der Waals surface area contributed by atoms with E-state index in [4.69, 9.17) is 9.47 Å². The molecule has 1 aromatic heterocycles. The number of aryl methyl sites for hydroxylation is 1. The highest BCUT2D eigenvalue weighted by Gasteiger charge is 2.47. The van der Waals surface area contributed by atoms with Crippen LogP contribution in [0.3, 0.4) is 0 Å². The van der Waals surface area contributed by atoms with E-state index in [9.17, 15) is 4.79 Å². The Labute approximate surface area is 132 Å². The molecule has 3 rings (SSSR count). The molecule has 0 saturated carbocycles. The van der Waals surface area contributed by atoms with Crippen molar-refractivity contribution >= 4 is 5.91 Å². The van der Waals surface area contributed by atoms with Gasteiger partial charge < -0.3 is 18.9 Å². The maximum absolute atomic E-state index is 12.8. The lowest BCUT2D eigenvalue weighted by atomic mass is 9.73. The molecule has 2 aliphatic rings. The number of hydrogen-bond acceptors (Lipinski definition) is 3. The number of nitrogens with zero attached hydrogens (tertiary/aromatic N) is 2. The molecule has 0 radical (unpaired) electrons. The summed E-state index contributed by atoms with van der Waals surface area (Å²) in [6.45, 7) is 5.75. The molecule has 2 atom stereocenters. The predicted octanol–water partition coefficient (Wildman–Crippen LogP) is 2.07. The number of piperidine rings is 1. The van der Waals surface area contributed by atoms with Crippen LogP contribution in [0.4, 0.5) is 0 Å². The van der Waals surface area contributed by atoms with Gasteiger partial charge in [-0.25, -0.2) is 0 Å². The Bertz CT molecular complexity index is 528. The SMILES string of the molecule is CCOC[C@@]12CCCO[C@H]1CCN(C(=O)c1cccn1C)C2. The summed E-state index contributed by atoms with van der Waals surface area (Å²) in [5, 5.41) is 0. The van der Waals surface area contributed by atoms with Gasteiger partial charge in [-0.05, 0) is 38.3 Å². The highest BCUT2D eigenvalue weighted by atomic mass is 16.5. The van der Waals surface area contributed by atoms with E-state index in [0.29, 0.717) is 13.2 Å². The number of rotatable bonds is 4. The van der Waals surface area contributed by atoms with Crippen LogP contribution in [-0.4, -0.2) is 54.4 Å². The van der Waals surface area contributed by atoms with Crippen LogP contribution in [0.25, 0.3) is 0 Å². The molecule has 2 aliphatic heterocycles. The molecule has 5 nitrogen and oxygen atoms in total. The molecule has 2 fully saturated rings.